The summed E-state index contributed by atoms with van der Waals surface area (Å²) < 4.78 is 5.68. The Kier molecular flexibility index (Phi) is 9.09. The van der Waals surface area contributed by atoms with Crippen LogP contribution in [0.1, 0.15) is 59.4 Å². The van der Waals surface area contributed by atoms with Gasteiger partial charge in [-0.25, -0.2) is 0 Å². The van der Waals surface area contributed by atoms with Gasteiger partial charge in [0.05, 0.1) is 17.5 Å². The second kappa shape index (κ2) is 12.7. The molecule has 1 aliphatic heterocycles. The van der Waals surface area contributed by atoms with E-state index in [1.165, 1.54) is 16.2 Å². The molecule has 3 amide bonds. The summed E-state index contributed by atoms with van der Waals surface area (Å²) in [6, 6.07) is 19.5. The number of anilines is 1. The molecule has 1 aromatic heterocycles. The molecule has 194 valence electrons. The van der Waals surface area contributed by atoms with Gasteiger partial charge in [-0.15, -0.1) is 11.3 Å². The van der Waals surface area contributed by atoms with Gasteiger partial charge in [0.1, 0.15) is 6.04 Å². The summed E-state index contributed by atoms with van der Waals surface area (Å²) in [4.78, 5) is 42.0. The Morgan fingerprint density at radius 2 is 1.73 bits per heavy atom. The van der Waals surface area contributed by atoms with E-state index in [-0.39, 0.29) is 30.4 Å². The maximum absolute atomic E-state index is 13.7. The van der Waals surface area contributed by atoms with Gasteiger partial charge in [-0.1, -0.05) is 62.4 Å². The minimum absolute atomic E-state index is 0.0278. The normalized spacial score (nSPS) is 15.8. The largest absolute Gasteiger partial charge is 0.376 e. The highest BCUT2D eigenvalue weighted by molar-refractivity contribution is 7.12. The van der Waals surface area contributed by atoms with E-state index >= 15 is 0 Å². The number of rotatable bonds is 10. The number of hydrogen-bond donors (Lipinski definition) is 2. The number of carbonyl (C=O) groups is 3. The smallest absolute Gasteiger partial charge is 0.261 e. The van der Waals surface area contributed by atoms with E-state index < -0.39 is 6.04 Å². The summed E-state index contributed by atoms with van der Waals surface area (Å²) in [5, 5.41) is 7.53. The predicted octanol–water partition coefficient (Wildman–Crippen LogP) is 4.67. The molecular formula is C29H33N3O4S. The molecule has 0 spiro atoms. The van der Waals surface area contributed by atoms with Crippen LogP contribution >= 0.6 is 11.3 Å². The van der Waals surface area contributed by atoms with Crippen LogP contribution in [0, 0.1) is 0 Å². The average Bonchev–Trinajstić information content (AvgIpc) is 3.64. The Hall–Kier alpha value is -3.49. The van der Waals surface area contributed by atoms with Crippen molar-refractivity contribution >= 4 is 34.7 Å². The number of amides is 3. The summed E-state index contributed by atoms with van der Waals surface area (Å²) in [5.74, 6) is -0.684. The minimum atomic E-state index is -0.918. The standard InChI is InChI=1S/C29H33N3O4S/c1-20(2)21-12-14-23(15-13-21)32(26(33)19-31-28(34)25-11-7-17-37-25)27(22-8-4-3-5-9-22)29(35)30-18-24-10-6-16-36-24/h3-5,7-9,11-15,17,20,24,27H,6,10,16,18-19H2,1-2H3,(H,30,35)(H,31,34)/t24-,27-/m1/s1. The van der Waals surface area contributed by atoms with E-state index in [0.717, 1.165) is 18.4 Å². The van der Waals surface area contributed by atoms with Crippen LogP contribution in [0.2, 0.25) is 0 Å². The second-order valence-corrected chi connectivity index (χ2v) is 10.3. The second-order valence-electron chi connectivity index (χ2n) is 9.36. The van der Waals surface area contributed by atoms with Crippen LogP contribution in [-0.2, 0) is 14.3 Å². The molecule has 8 heteroatoms. The Balaban J connectivity index is 1.64. The van der Waals surface area contributed by atoms with Gasteiger partial charge in [0.2, 0.25) is 11.8 Å². The number of thiophene rings is 1. The van der Waals surface area contributed by atoms with Crippen molar-refractivity contribution in [2.45, 2.75) is 44.8 Å². The quantitative estimate of drug-likeness (QED) is 0.408. The molecule has 0 saturated carbocycles. The van der Waals surface area contributed by atoms with Gasteiger partial charge >= 0.3 is 0 Å². The molecule has 1 fully saturated rings. The number of carbonyl (C=O) groups excluding carboxylic acids is 3. The minimum Gasteiger partial charge on any atom is -0.376 e. The molecule has 0 radical (unpaired) electrons. The van der Waals surface area contributed by atoms with Crippen molar-refractivity contribution in [1.29, 1.82) is 0 Å². The highest BCUT2D eigenvalue weighted by Gasteiger charge is 2.33. The zero-order chi connectivity index (χ0) is 26.2. The monoisotopic (exact) mass is 519 g/mol. The molecule has 4 rings (SSSR count). The molecule has 2 N–H and O–H groups in total. The molecule has 0 unspecified atom stereocenters. The third kappa shape index (κ3) is 6.84. The molecule has 3 aromatic rings. The van der Waals surface area contributed by atoms with Crippen LogP contribution in [-0.4, -0.2) is 43.5 Å². The molecular weight excluding hydrogens is 486 g/mol. The molecule has 0 aliphatic carbocycles. The molecule has 1 saturated heterocycles. The highest BCUT2D eigenvalue weighted by atomic mass is 32.1. The first-order valence-corrected chi connectivity index (χ1v) is 13.5. The number of ether oxygens (including phenoxy) is 1. The lowest BCUT2D eigenvalue weighted by atomic mass is 10.0. The highest BCUT2D eigenvalue weighted by Crippen LogP contribution is 2.29. The van der Waals surface area contributed by atoms with Crippen LogP contribution in [0.5, 0.6) is 0 Å². The first-order valence-electron chi connectivity index (χ1n) is 12.6. The fourth-order valence-corrected chi connectivity index (χ4v) is 5.00. The summed E-state index contributed by atoms with van der Waals surface area (Å²) in [6.45, 7) is 5.03. The summed E-state index contributed by atoms with van der Waals surface area (Å²) in [5.41, 5.74) is 2.39. The Labute approximate surface area is 221 Å². The zero-order valence-corrected chi connectivity index (χ0v) is 22.0. The number of hydrogen-bond acceptors (Lipinski definition) is 5. The van der Waals surface area contributed by atoms with Crippen LogP contribution in [0.15, 0.2) is 72.1 Å². The topological polar surface area (TPSA) is 87.7 Å². The lowest BCUT2D eigenvalue weighted by molar-refractivity contribution is -0.126. The summed E-state index contributed by atoms with van der Waals surface area (Å²) in [6.07, 6.45) is 1.84. The molecule has 2 atom stereocenters. The van der Waals surface area contributed by atoms with Gasteiger partial charge in [0.25, 0.3) is 5.91 Å². The third-order valence-corrected chi connectivity index (χ3v) is 7.27. The molecule has 0 bridgehead atoms. The Morgan fingerprint density at radius 3 is 2.35 bits per heavy atom. The van der Waals surface area contributed by atoms with Gasteiger partial charge in [-0.05, 0) is 53.5 Å². The maximum Gasteiger partial charge on any atom is 0.261 e. The molecule has 37 heavy (non-hydrogen) atoms. The van der Waals surface area contributed by atoms with E-state index in [1.54, 1.807) is 12.1 Å². The van der Waals surface area contributed by atoms with E-state index in [2.05, 4.69) is 24.5 Å². The maximum atomic E-state index is 13.7. The van der Waals surface area contributed by atoms with Crippen LogP contribution < -0.4 is 15.5 Å². The van der Waals surface area contributed by atoms with Crippen molar-refractivity contribution in [3.05, 3.63) is 88.1 Å². The summed E-state index contributed by atoms with van der Waals surface area (Å²) >= 11 is 1.31. The Morgan fingerprint density at radius 1 is 0.973 bits per heavy atom. The first-order chi connectivity index (χ1) is 17.9. The number of benzene rings is 2. The number of nitrogens with zero attached hydrogens (tertiary/aromatic N) is 1. The van der Waals surface area contributed by atoms with Gasteiger partial charge < -0.3 is 15.4 Å². The van der Waals surface area contributed by atoms with E-state index in [0.29, 0.717) is 35.2 Å². The fraction of sp³-hybridized carbons (Fsp3) is 0.345. The van der Waals surface area contributed by atoms with Crippen molar-refractivity contribution in [3.63, 3.8) is 0 Å². The van der Waals surface area contributed by atoms with Crippen LogP contribution in [0.4, 0.5) is 5.69 Å². The van der Waals surface area contributed by atoms with Gasteiger partial charge in [-0.3, -0.25) is 19.3 Å². The van der Waals surface area contributed by atoms with Crippen molar-refractivity contribution in [1.82, 2.24) is 10.6 Å². The predicted molar refractivity (Wildman–Crippen MR) is 146 cm³/mol. The molecule has 1 aliphatic rings. The fourth-order valence-electron chi connectivity index (χ4n) is 4.36. The van der Waals surface area contributed by atoms with E-state index in [1.807, 2.05) is 60.0 Å². The number of nitrogens with one attached hydrogen (secondary N) is 2. The SMILES string of the molecule is CC(C)c1ccc(N(C(=O)CNC(=O)c2cccs2)[C@@H](C(=O)NC[C@H]2CCCO2)c2ccccc2)cc1. The third-order valence-electron chi connectivity index (χ3n) is 6.40. The van der Waals surface area contributed by atoms with Crippen molar-refractivity contribution in [2.75, 3.05) is 24.6 Å². The van der Waals surface area contributed by atoms with Crippen molar-refractivity contribution < 1.29 is 19.1 Å². The Bertz CT molecular complexity index is 1170. The molecule has 7 nitrogen and oxygen atoms in total. The van der Waals surface area contributed by atoms with Gasteiger partial charge in [-0.2, -0.15) is 0 Å². The van der Waals surface area contributed by atoms with Gasteiger partial charge in [0, 0.05) is 18.8 Å². The zero-order valence-electron chi connectivity index (χ0n) is 21.2. The lowest BCUT2D eigenvalue weighted by Crippen LogP contribution is -2.48. The first kappa shape index (κ1) is 26.6. The van der Waals surface area contributed by atoms with Crippen LogP contribution in [0.3, 0.4) is 0 Å². The van der Waals surface area contributed by atoms with Crippen LogP contribution in [0.25, 0.3) is 0 Å². The summed E-state index contributed by atoms with van der Waals surface area (Å²) in [7, 11) is 0. The molecule has 2 heterocycles. The van der Waals surface area contributed by atoms with E-state index in [4.69, 9.17) is 4.74 Å². The van der Waals surface area contributed by atoms with E-state index in [9.17, 15) is 14.4 Å². The average molecular weight is 520 g/mol. The van der Waals surface area contributed by atoms with Gasteiger partial charge in [0.15, 0.2) is 0 Å². The molecule has 2 aromatic carbocycles. The van der Waals surface area contributed by atoms with Crippen molar-refractivity contribution in [3.8, 4) is 0 Å². The lowest BCUT2D eigenvalue weighted by Gasteiger charge is -2.32. The van der Waals surface area contributed by atoms with Crippen molar-refractivity contribution in [2.24, 2.45) is 0 Å².